The van der Waals surface area contributed by atoms with E-state index in [0.29, 0.717) is 5.13 Å². The Labute approximate surface area is 178 Å². The van der Waals surface area contributed by atoms with E-state index in [2.05, 4.69) is 10.3 Å². The molecule has 0 atom stereocenters. The summed E-state index contributed by atoms with van der Waals surface area (Å²) in [5, 5.41) is 3.18. The summed E-state index contributed by atoms with van der Waals surface area (Å²) in [6.45, 7) is 1.67. The van der Waals surface area contributed by atoms with Crippen LogP contribution in [0.15, 0.2) is 72.8 Å². The van der Waals surface area contributed by atoms with Crippen LogP contribution in [-0.4, -0.2) is 23.5 Å². The van der Waals surface area contributed by atoms with E-state index in [9.17, 15) is 9.59 Å². The standard InChI is InChI=1S/C24H20N2O3S/c1-16-7-12-20-21(13-16)30-24(25-20)26-22(27)15-29-23(28)14-17-8-10-19(11-9-17)18-5-3-2-4-6-18/h2-13H,14-15H2,1H3,(H,25,26,27). The average molecular weight is 417 g/mol. The number of aromatic nitrogens is 1. The Morgan fingerprint density at radius 2 is 1.70 bits per heavy atom. The number of aryl methyl sites for hydroxylation is 1. The van der Waals surface area contributed by atoms with E-state index in [1.807, 2.05) is 79.7 Å². The molecule has 1 aromatic heterocycles. The van der Waals surface area contributed by atoms with Gasteiger partial charge in [0.1, 0.15) is 0 Å². The van der Waals surface area contributed by atoms with Gasteiger partial charge in [-0.05, 0) is 41.3 Å². The van der Waals surface area contributed by atoms with Crippen LogP contribution >= 0.6 is 11.3 Å². The number of esters is 1. The summed E-state index contributed by atoms with van der Waals surface area (Å²) >= 11 is 1.39. The number of rotatable bonds is 6. The molecule has 0 fully saturated rings. The second-order valence-corrected chi connectivity index (χ2v) is 7.97. The van der Waals surface area contributed by atoms with E-state index in [-0.39, 0.29) is 13.0 Å². The summed E-state index contributed by atoms with van der Waals surface area (Å²) < 4.78 is 6.12. The van der Waals surface area contributed by atoms with Crippen molar-refractivity contribution in [2.45, 2.75) is 13.3 Å². The molecule has 150 valence electrons. The van der Waals surface area contributed by atoms with E-state index in [4.69, 9.17) is 4.74 Å². The van der Waals surface area contributed by atoms with Crippen molar-refractivity contribution in [3.05, 3.63) is 83.9 Å². The van der Waals surface area contributed by atoms with E-state index in [1.54, 1.807) is 0 Å². The smallest absolute Gasteiger partial charge is 0.310 e. The molecular formula is C24H20N2O3S. The molecule has 30 heavy (non-hydrogen) atoms. The molecule has 1 amide bonds. The molecule has 1 heterocycles. The Hall–Kier alpha value is -3.51. The maximum absolute atomic E-state index is 12.1. The van der Waals surface area contributed by atoms with Gasteiger partial charge in [0, 0.05) is 0 Å². The number of thiazole rings is 1. The fourth-order valence-corrected chi connectivity index (χ4v) is 4.03. The van der Waals surface area contributed by atoms with Crippen molar-refractivity contribution >= 4 is 38.6 Å². The van der Waals surface area contributed by atoms with Crippen molar-refractivity contribution < 1.29 is 14.3 Å². The van der Waals surface area contributed by atoms with Crippen LogP contribution < -0.4 is 5.32 Å². The summed E-state index contributed by atoms with van der Waals surface area (Å²) in [5.41, 5.74) is 5.00. The SMILES string of the molecule is Cc1ccc2nc(NC(=O)COC(=O)Cc3ccc(-c4ccccc4)cc3)sc2c1. The molecule has 5 nitrogen and oxygen atoms in total. The molecule has 0 saturated heterocycles. The van der Waals surface area contributed by atoms with E-state index in [1.165, 1.54) is 11.3 Å². The fourth-order valence-electron chi connectivity index (χ4n) is 3.05. The van der Waals surface area contributed by atoms with Crippen LogP contribution in [0.1, 0.15) is 11.1 Å². The second-order valence-electron chi connectivity index (χ2n) is 6.94. The summed E-state index contributed by atoms with van der Waals surface area (Å²) in [5.74, 6) is -0.851. The predicted octanol–water partition coefficient (Wildman–Crippen LogP) is 5.00. The van der Waals surface area contributed by atoms with Gasteiger partial charge in [-0.1, -0.05) is 72.0 Å². The first kappa shape index (κ1) is 19.8. The van der Waals surface area contributed by atoms with Crippen LogP contribution in [0.2, 0.25) is 0 Å². The molecule has 0 radical (unpaired) electrons. The highest BCUT2D eigenvalue weighted by molar-refractivity contribution is 7.22. The summed E-state index contributed by atoms with van der Waals surface area (Å²) in [6, 6.07) is 23.7. The molecule has 1 N–H and O–H groups in total. The Morgan fingerprint density at radius 1 is 0.967 bits per heavy atom. The molecule has 4 rings (SSSR count). The maximum atomic E-state index is 12.1. The van der Waals surface area contributed by atoms with Crippen LogP contribution in [-0.2, 0) is 20.7 Å². The number of carbonyl (C=O) groups excluding carboxylic acids is 2. The topological polar surface area (TPSA) is 68.3 Å². The number of carbonyl (C=O) groups is 2. The summed E-state index contributed by atoms with van der Waals surface area (Å²) in [6.07, 6.45) is 0.114. The highest BCUT2D eigenvalue weighted by atomic mass is 32.1. The Bertz CT molecular complexity index is 1180. The van der Waals surface area contributed by atoms with Crippen LogP contribution in [0.4, 0.5) is 5.13 Å². The minimum absolute atomic E-state index is 0.114. The summed E-state index contributed by atoms with van der Waals surface area (Å²) in [7, 11) is 0. The summed E-state index contributed by atoms with van der Waals surface area (Å²) in [4.78, 5) is 28.5. The molecule has 0 aliphatic carbocycles. The van der Waals surface area contributed by atoms with Gasteiger partial charge in [0.2, 0.25) is 0 Å². The first-order valence-electron chi connectivity index (χ1n) is 9.54. The van der Waals surface area contributed by atoms with Crippen LogP contribution in [0.3, 0.4) is 0 Å². The van der Waals surface area contributed by atoms with Crippen LogP contribution in [0.5, 0.6) is 0 Å². The van der Waals surface area contributed by atoms with Crippen molar-refractivity contribution in [2.24, 2.45) is 0 Å². The molecule has 0 spiro atoms. The van der Waals surface area contributed by atoms with Crippen LogP contribution in [0, 0.1) is 6.92 Å². The monoisotopic (exact) mass is 416 g/mol. The number of fused-ring (bicyclic) bond motifs is 1. The lowest BCUT2D eigenvalue weighted by Gasteiger charge is -2.06. The number of amides is 1. The number of hydrogen-bond acceptors (Lipinski definition) is 5. The molecular weight excluding hydrogens is 396 g/mol. The number of hydrogen-bond donors (Lipinski definition) is 1. The van der Waals surface area contributed by atoms with Gasteiger partial charge in [0.15, 0.2) is 11.7 Å². The molecule has 6 heteroatoms. The van der Waals surface area contributed by atoms with E-state index >= 15 is 0 Å². The Balaban J connectivity index is 1.28. The third kappa shape index (κ3) is 4.90. The first-order valence-corrected chi connectivity index (χ1v) is 10.4. The van der Waals surface area contributed by atoms with Gasteiger partial charge >= 0.3 is 5.97 Å². The van der Waals surface area contributed by atoms with E-state index < -0.39 is 11.9 Å². The zero-order chi connectivity index (χ0) is 20.9. The van der Waals surface area contributed by atoms with Crippen molar-refractivity contribution in [2.75, 3.05) is 11.9 Å². The number of ether oxygens (including phenoxy) is 1. The van der Waals surface area contributed by atoms with Gasteiger partial charge in [-0.2, -0.15) is 0 Å². The Morgan fingerprint density at radius 3 is 2.47 bits per heavy atom. The maximum Gasteiger partial charge on any atom is 0.310 e. The molecule has 0 bridgehead atoms. The molecule has 0 aliphatic rings. The highest BCUT2D eigenvalue weighted by Gasteiger charge is 2.11. The molecule has 0 saturated carbocycles. The predicted molar refractivity (Wildman–Crippen MR) is 120 cm³/mol. The fraction of sp³-hybridized carbons (Fsp3) is 0.125. The minimum atomic E-state index is -0.447. The molecule has 3 aromatic carbocycles. The highest BCUT2D eigenvalue weighted by Crippen LogP contribution is 2.26. The normalized spacial score (nSPS) is 10.7. The van der Waals surface area contributed by atoms with Gasteiger partial charge in [-0.3, -0.25) is 14.9 Å². The van der Waals surface area contributed by atoms with Crippen molar-refractivity contribution in [3.63, 3.8) is 0 Å². The number of nitrogens with zero attached hydrogens (tertiary/aromatic N) is 1. The van der Waals surface area contributed by atoms with Gasteiger partial charge in [0.05, 0.1) is 16.6 Å². The van der Waals surface area contributed by atoms with Crippen molar-refractivity contribution in [1.82, 2.24) is 4.98 Å². The minimum Gasteiger partial charge on any atom is -0.455 e. The zero-order valence-electron chi connectivity index (χ0n) is 16.4. The number of nitrogens with one attached hydrogen (secondary N) is 1. The number of benzene rings is 3. The quantitative estimate of drug-likeness (QED) is 0.449. The first-order chi connectivity index (χ1) is 14.6. The molecule has 0 aliphatic heterocycles. The second kappa shape index (κ2) is 8.88. The Kier molecular flexibility index (Phi) is 5.86. The lowest BCUT2D eigenvalue weighted by Crippen LogP contribution is -2.21. The van der Waals surface area contributed by atoms with Crippen molar-refractivity contribution in [1.29, 1.82) is 0 Å². The molecule has 0 unspecified atom stereocenters. The third-order valence-electron chi connectivity index (χ3n) is 4.56. The molecule has 4 aromatic rings. The average Bonchev–Trinajstić information content (AvgIpc) is 3.14. The number of anilines is 1. The zero-order valence-corrected chi connectivity index (χ0v) is 17.2. The lowest BCUT2D eigenvalue weighted by molar-refractivity contribution is -0.146. The van der Waals surface area contributed by atoms with Crippen LogP contribution in [0.25, 0.3) is 21.3 Å². The lowest BCUT2D eigenvalue weighted by atomic mass is 10.0. The van der Waals surface area contributed by atoms with E-state index in [0.717, 1.165) is 32.5 Å². The van der Waals surface area contributed by atoms with Gasteiger partial charge in [-0.25, -0.2) is 4.98 Å². The third-order valence-corrected chi connectivity index (χ3v) is 5.50. The van der Waals surface area contributed by atoms with Crippen molar-refractivity contribution in [3.8, 4) is 11.1 Å². The van der Waals surface area contributed by atoms with Gasteiger partial charge in [-0.15, -0.1) is 0 Å². The largest absolute Gasteiger partial charge is 0.455 e. The van der Waals surface area contributed by atoms with Gasteiger partial charge in [0.25, 0.3) is 5.91 Å². The van der Waals surface area contributed by atoms with Gasteiger partial charge < -0.3 is 4.74 Å².